The number of halogens is 1. The molecule has 1 aliphatic heterocycles. The molecule has 0 spiro atoms. The Kier molecular flexibility index (Phi) is 3.97. The Balaban J connectivity index is 1.50. The van der Waals surface area contributed by atoms with Gasteiger partial charge in [0.05, 0.1) is 16.7 Å². The number of tetrazole rings is 1. The number of amides is 1. The second-order valence-corrected chi connectivity index (χ2v) is 6.80. The molecular weight excluding hydrogens is 330 g/mol. The Bertz CT molecular complexity index is 739. The molecule has 1 saturated carbocycles. The first kappa shape index (κ1) is 15.5. The van der Waals surface area contributed by atoms with E-state index in [1.165, 1.54) is 0 Å². The van der Waals surface area contributed by atoms with E-state index in [1.807, 2.05) is 0 Å². The number of aromatic nitrogens is 4. The van der Waals surface area contributed by atoms with Gasteiger partial charge in [-0.1, -0.05) is 11.6 Å². The number of hydrogen-bond donors (Lipinski definition) is 2. The van der Waals surface area contributed by atoms with Crippen molar-refractivity contribution in [3.63, 3.8) is 0 Å². The summed E-state index contributed by atoms with van der Waals surface area (Å²) in [5.74, 6) is 0.282. The Hall–Kier alpha value is -1.99. The van der Waals surface area contributed by atoms with Gasteiger partial charge in [0, 0.05) is 17.7 Å². The van der Waals surface area contributed by atoms with Gasteiger partial charge in [0.15, 0.2) is 0 Å². The van der Waals surface area contributed by atoms with E-state index < -0.39 is 0 Å². The van der Waals surface area contributed by atoms with Crippen molar-refractivity contribution in [1.82, 2.24) is 25.9 Å². The van der Waals surface area contributed by atoms with Gasteiger partial charge in [-0.25, -0.2) is 0 Å². The maximum atomic E-state index is 12.6. The molecule has 1 aromatic carbocycles. The van der Waals surface area contributed by atoms with E-state index in [9.17, 15) is 4.79 Å². The first-order valence-electron chi connectivity index (χ1n) is 8.15. The van der Waals surface area contributed by atoms with Crippen LogP contribution < -0.4 is 5.32 Å². The lowest BCUT2D eigenvalue weighted by Gasteiger charge is -2.31. The van der Waals surface area contributed by atoms with Crippen LogP contribution >= 0.6 is 11.6 Å². The predicted molar refractivity (Wildman–Crippen MR) is 87.6 cm³/mol. The average Bonchev–Trinajstić information content (AvgIpc) is 3.18. The lowest BCUT2D eigenvalue weighted by atomic mass is 9.99. The number of aromatic amines is 1. The number of carbonyl (C=O) groups excluding carboxylic acids is 1. The van der Waals surface area contributed by atoms with Crippen molar-refractivity contribution in [2.45, 2.75) is 43.7 Å². The lowest BCUT2D eigenvalue weighted by molar-refractivity contribution is -0.0139. The molecule has 4 rings (SSSR count). The first-order valence-corrected chi connectivity index (χ1v) is 8.53. The molecule has 2 fully saturated rings. The molecule has 1 saturated heterocycles. The van der Waals surface area contributed by atoms with Crippen LogP contribution in [0.2, 0.25) is 5.02 Å². The van der Waals surface area contributed by atoms with Crippen LogP contribution in [0.1, 0.15) is 42.5 Å². The third-order valence-corrected chi connectivity index (χ3v) is 5.08. The molecule has 2 aliphatic rings. The summed E-state index contributed by atoms with van der Waals surface area (Å²) < 4.78 is 5.87. The molecule has 1 amide bonds. The maximum Gasteiger partial charge on any atom is 0.251 e. The van der Waals surface area contributed by atoms with Gasteiger partial charge in [-0.2, -0.15) is 5.21 Å². The minimum atomic E-state index is -0.198. The van der Waals surface area contributed by atoms with Crippen LogP contribution in [0.3, 0.4) is 0 Å². The highest BCUT2D eigenvalue weighted by Crippen LogP contribution is 2.43. The fourth-order valence-electron chi connectivity index (χ4n) is 3.25. The molecule has 24 heavy (non-hydrogen) atoms. The monoisotopic (exact) mass is 347 g/mol. The molecule has 7 nitrogen and oxygen atoms in total. The van der Waals surface area contributed by atoms with Gasteiger partial charge < -0.3 is 10.1 Å². The first-order chi connectivity index (χ1) is 11.7. The molecule has 2 aromatic rings. The van der Waals surface area contributed by atoms with Crippen molar-refractivity contribution < 1.29 is 9.53 Å². The molecule has 2 heterocycles. The van der Waals surface area contributed by atoms with E-state index in [4.69, 9.17) is 16.3 Å². The number of nitrogens with one attached hydrogen (secondary N) is 2. The van der Waals surface area contributed by atoms with E-state index in [0.29, 0.717) is 22.0 Å². The molecule has 0 bridgehead atoms. The highest BCUT2D eigenvalue weighted by Gasteiger charge is 2.51. The summed E-state index contributed by atoms with van der Waals surface area (Å²) in [5, 5.41) is 17.3. The average molecular weight is 348 g/mol. The van der Waals surface area contributed by atoms with Crippen LogP contribution in [-0.4, -0.2) is 44.8 Å². The number of rotatable bonds is 4. The number of nitrogens with zero attached hydrogens (tertiary/aromatic N) is 3. The SMILES string of the molecule is O=C(NC1(C2CCCCO2)CC1)c1ccc(-c2nn[nH]n2)c(Cl)c1. The third-order valence-electron chi connectivity index (χ3n) is 4.76. The van der Waals surface area contributed by atoms with E-state index in [0.717, 1.165) is 38.7 Å². The molecule has 1 aliphatic carbocycles. The Morgan fingerprint density at radius 1 is 1.38 bits per heavy atom. The van der Waals surface area contributed by atoms with Crippen LogP contribution in [0.25, 0.3) is 11.4 Å². The summed E-state index contributed by atoms with van der Waals surface area (Å²) in [7, 11) is 0. The number of benzene rings is 1. The summed E-state index contributed by atoms with van der Waals surface area (Å²) in [6.07, 6.45) is 5.35. The van der Waals surface area contributed by atoms with Crippen LogP contribution in [0.4, 0.5) is 0 Å². The van der Waals surface area contributed by atoms with E-state index in [-0.39, 0.29) is 17.6 Å². The highest BCUT2D eigenvalue weighted by molar-refractivity contribution is 6.33. The van der Waals surface area contributed by atoms with Gasteiger partial charge in [0.1, 0.15) is 0 Å². The quantitative estimate of drug-likeness (QED) is 0.885. The number of H-pyrrole nitrogens is 1. The van der Waals surface area contributed by atoms with Crippen LogP contribution in [0, 0.1) is 0 Å². The van der Waals surface area contributed by atoms with Gasteiger partial charge in [0.2, 0.25) is 5.82 Å². The molecule has 1 aromatic heterocycles. The van der Waals surface area contributed by atoms with Crippen molar-refractivity contribution in [2.75, 3.05) is 6.61 Å². The lowest BCUT2D eigenvalue weighted by Crippen LogP contribution is -2.48. The minimum absolute atomic E-state index is 0.122. The molecular formula is C16H18ClN5O2. The molecule has 1 atom stereocenters. The van der Waals surface area contributed by atoms with Crippen LogP contribution in [0.15, 0.2) is 18.2 Å². The largest absolute Gasteiger partial charge is 0.376 e. The third kappa shape index (κ3) is 2.89. The van der Waals surface area contributed by atoms with Crippen LogP contribution in [-0.2, 0) is 4.74 Å². The summed E-state index contributed by atoms with van der Waals surface area (Å²) in [6.45, 7) is 0.785. The summed E-state index contributed by atoms with van der Waals surface area (Å²) in [6, 6.07) is 5.10. The van der Waals surface area contributed by atoms with Gasteiger partial charge in [-0.05, 0) is 55.5 Å². The van der Waals surface area contributed by atoms with Crippen LogP contribution in [0.5, 0.6) is 0 Å². The smallest absolute Gasteiger partial charge is 0.251 e. The van der Waals surface area contributed by atoms with Gasteiger partial charge in [0.25, 0.3) is 5.91 Å². The summed E-state index contributed by atoms with van der Waals surface area (Å²) in [5.41, 5.74) is 0.962. The fraction of sp³-hybridized carbons (Fsp3) is 0.500. The Morgan fingerprint density at radius 3 is 2.88 bits per heavy atom. The number of hydrogen-bond acceptors (Lipinski definition) is 5. The highest BCUT2D eigenvalue weighted by atomic mass is 35.5. The number of ether oxygens (including phenoxy) is 1. The fourth-order valence-corrected chi connectivity index (χ4v) is 3.52. The van der Waals surface area contributed by atoms with E-state index >= 15 is 0 Å². The topological polar surface area (TPSA) is 92.8 Å². The van der Waals surface area contributed by atoms with Crippen molar-refractivity contribution in [3.05, 3.63) is 28.8 Å². The van der Waals surface area contributed by atoms with Gasteiger partial charge >= 0.3 is 0 Å². The van der Waals surface area contributed by atoms with Crippen molar-refractivity contribution in [2.24, 2.45) is 0 Å². The minimum Gasteiger partial charge on any atom is -0.376 e. The normalized spacial score (nSPS) is 22.1. The van der Waals surface area contributed by atoms with Crippen molar-refractivity contribution in [1.29, 1.82) is 0 Å². The predicted octanol–water partition coefficient (Wildman–Crippen LogP) is 2.35. The van der Waals surface area contributed by atoms with Crippen molar-refractivity contribution in [3.8, 4) is 11.4 Å². The zero-order valence-corrected chi connectivity index (χ0v) is 13.8. The Morgan fingerprint density at radius 2 is 2.25 bits per heavy atom. The standard InChI is InChI=1S/C16H18ClN5O2/c17-12-9-10(4-5-11(12)14-19-21-22-20-14)15(23)18-16(6-7-16)13-3-1-2-8-24-13/h4-5,9,13H,1-3,6-8H2,(H,18,23)(H,19,20,21,22). The molecule has 8 heteroatoms. The second-order valence-electron chi connectivity index (χ2n) is 6.40. The molecule has 1 unspecified atom stereocenters. The molecule has 2 N–H and O–H groups in total. The molecule has 0 radical (unpaired) electrons. The second kappa shape index (κ2) is 6.14. The summed E-state index contributed by atoms with van der Waals surface area (Å²) in [4.78, 5) is 12.6. The van der Waals surface area contributed by atoms with Gasteiger partial charge in [-0.15, -0.1) is 10.2 Å². The van der Waals surface area contributed by atoms with Crippen molar-refractivity contribution >= 4 is 17.5 Å². The van der Waals surface area contributed by atoms with E-state index in [2.05, 4.69) is 25.9 Å². The Labute approximate surface area is 144 Å². The zero-order valence-electron chi connectivity index (χ0n) is 13.1. The van der Waals surface area contributed by atoms with E-state index in [1.54, 1.807) is 18.2 Å². The zero-order chi connectivity index (χ0) is 16.6. The summed E-state index contributed by atoms with van der Waals surface area (Å²) >= 11 is 6.27. The molecule has 126 valence electrons. The van der Waals surface area contributed by atoms with Gasteiger partial charge in [-0.3, -0.25) is 4.79 Å². The number of carbonyl (C=O) groups is 1. The maximum absolute atomic E-state index is 12.6.